The average molecular weight is 393 g/mol. The topological polar surface area (TPSA) is 57.7 Å². The molecule has 0 unspecified atom stereocenters. The Morgan fingerprint density at radius 1 is 1.19 bits per heavy atom. The highest BCUT2D eigenvalue weighted by molar-refractivity contribution is 7.92. The highest BCUT2D eigenvalue weighted by atomic mass is 35.5. The molecule has 0 radical (unpaired) electrons. The molecule has 1 aliphatic rings. The smallest absolute Gasteiger partial charge is 0.232 e. The normalized spacial score (nSPS) is 13.5. The summed E-state index contributed by atoms with van der Waals surface area (Å²) in [4.78, 5) is 14.4. The van der Waals surface area contributed by atoms with Gasteiger partial charge in [0, 0.05) is 30.2 Å². The van der Waals surface area contributed by atoms with Gasteiger partial charge in [-0.2, -0.15) is 0 Å². The summed E-state index contributed by atoms with van der Waals surface area (Å²) in [5, 5.41) is 0.473. The second kappa shape index (κ2) is 7.68. The summed E-state index contributed by atoms with van der Waals surface area (Å²) in [6.07, 6.45) is 2.75. The van der Waals surface area contributed by atoms with Crippen LogP contribution >= 0.6 is 11.6 Å². The van der Waals surface area contributed by atoms with Gasteiger partial charge in [0.15, 0.2) is 0 Å². The predicted octanol–water partition coefficient (Wildman–Crippen LogP) is 3.48. The van der Waals surface area contributed by atoms with E-state index in [9.17, 15) is 13.2 Å². The Bertz CT molecular complexity index is 915. The molecule has 26 heavy (non-hydrogen) atoms. The van der Waals surface area contributed by atoms with Crippen LogP contribution in [0.1, 0.15) is 18.4 Å². The van der Waals surface area contributed by atoms with Crippen molar-refractivity contribution in [1.82, 2.24) is 0 Å². The van der Waals surface area contributed by atoms with E-state index in [1.807, 2.05) is 24.3 Å². The summed E-state index contributed by atoms with van der Waals surface area (Å²) in [5.74, 6) is 0.0227. The van der Waals surface area contributed by atoms with Gasteiger partial charge in [-0.05, 0) is 42.7 Å². The molecule has 0 saturated heterocycles. The van der Waals surface area contributed by atoms with Crippen molar-refractivity contribution in [3.05, 3.63) is 59.1 Å². The van der Waals surface area contributed by atoms with Crippen LogP contribution in [0.5, 0.6) is 0 Å². The first kappa shape index (κ1) is 18.7. The zero-order valence-electron chi connectivity index (χ0n) is 14.6. The Labute approximate surface area is 159 Å². The molecule has 0 aromatic heterocycles. The summed E-state index contributed by atoms with van der Waals surface area (Å²) in [5.41, 5.74) is 2.66. The summed E-state index contributed by atoms with van der Waals surface area (Å²) < 4.78 is 25.5. The van der Waals surface area contributed by atoms with Crippen molar-refractivity contribution in [2.24, 2.45) is 0 Å². The van der Waals surface area contributed by atoms with Gasteiger partial charge in [0.1, 0.15) is 0 Å². The largest absolute Gasteiger partial charge is 0.312 e. The number of carbonyl (C=O) groups excluding carboxylic acids is 1. The van der Waals surface area contributed by atoms with Crippen LogP contribution in [-0.2, 0) is 21.2 Å². The number of benzene rings is 2. The number of anilines is 2. The molecular weight excluding hydrogens is 372 g/mol. The van der Waals surface area contributed by atoms with Crippen LogP contribution < -0.4 is 9.21 Å². The summed E-state index contributed by atoms with van der Waals surface area (Å²) >= 11 is 5.98. The lowest BCUT2D eigenvalue weighted by Gasteiger charge is -2.23. The fourth-order valence-corrected chi connectivity index (χ4v) is 4.37. The molecule has 0 spiro atoms. The van der Waals surface area contributed by atoms with Crippen molar-refractivity contribution in [3.8, 4) is 0 Å². The zero-order valence-corrected chi connectivity index (χ0v) is 16.1. The first-order chi connectivity index (χ1) is 12.4. The molecule has 1 heterocycles. The van der Waals surface area contributed by atoms with E-state index in [0.29, 0.717) is 30.1 Å². The molecule has 0 saturated carbocycles. The van der Waals surface area contributed by atoms with Crippen LogP contribution in [0.15, 0.2) is 48.5 Å². The van der Waals surface area contributed by atoms with Crippen LogP contribution in [-0.4, -0.2) is 33.7 Å². The van der Waals surface area contributed by atoms with E-state index < -0.39 is 10.0 Å². The highest BCUT2D eigenvalue weighted by Crippen LogP contribution is 2.28. The standard InChI is InChI=1S/C19H21ClN2O3S/c1-26(24,25)22(17-8-4-7-16(20)14-17)12-5-10-19(23)21-13-11-15-6-2-3-9-18(15)21/h2-4,6-9,14H,5,10-13H2,1H3. The van der Waals surface area contributed by atoms with Gasteiger partial charge in [-0.25, -0.2) is 8.42 Å². The molecule has 0 atom stereocenters. The van der Waals surface area contributed by atoms with E-state index in [-0.39, 0.29) is 12.5 Å². The lowest BCUT2D eigenvalue weighted by Crippen LogP contribution is -2.33. The molecule has 0 N–H and O–H groups in total. The zero-order chi connectivity index (χ0) is 18.7. The number of para-hydroxylation sites is 1. The van der Waals surface area contributed by atoms with Gasteiger partial charge >= 0.3 is 0 Å². The molecule has 5 nitrogen and oxygen atoms in total. The molecule has 2 aromatic carbocycles. The van der Waals surface area contributed by atoms with E-state index in [1.165, 1.54) is 9.87 Å². The van der Waals surface area contributed by atoms with Crippen molar-refractivity contribution in [1.29, 1.82) is 0 Å². The van der Waals surface area contributed by atoms with Crippen LogP contribution in [0.2, 0.25) is 5.02 Å². The van der Waals surface area contributed by atoms with Gasteiger partial charge in [0.2, 0.25) is 15.9 Å². The summed E-state index contributed by atoms with van der Waals surface area (Å²) in [6, 6.07) is 14.6. The fraction of sp³-hybridized carbons (Fsp3) is 0.316. The molecule has 138 valence electrons. The van der Waals surface area contributed by atoms with Crippen LogP contribution in [0, 0.1) is 0 Å². The van der Waals surface area contributed by atoms with Crippen LogP contribution in [0.25, 0.3) is 0 Å². The number of nitrogens with zero attached hydrogens (tertiary/aromatic N) is 2. The van der Waals surface area contributed by atoms with Crippen molar-refractivity contribution in [2.75, 3.05) is 28.6 Å². The van der Waals surface area contributed by atoms with Gasteiger partial charge in [0.05, 0.1) is 11.9 Å². The molecule has 7 heteroatoms. The maximum absolute atomic E-state index is 12.6. The third-order valence-electron chi connectivity index (χ3n) is 4.44. The fourth-order valence-electron chi connectivity index (χ4n) is 3.22. The van der Waals surface area contributed by atoms with Crippen molar-refractivity contribution >= 4 is 38.9 Å². The SMILES string of the molecule is CS(=O)(=O)N(CCCC(=O)N1CCc2ccccc21)c1cccc(Cl)c1. The van der Waals surface area contributed by atoms with Gasteiger partial charge in [0.25, 0.3) is 0 Å². The average Bonchev–Trinajstić information content (AvgIpc) is 3.01. The van der Waals surface area contributed by atoms with Gasteiger partial charge in [-0.1, -0.05) is 35.9 Å². The quantitative estimate of drug-likeness (QED) is 0.756. The van der Waals surface area contributed by atoms with Crippen molar-refractivity contribution in [3.63, 3.8) is 0 Å². The van der Waals surface area contributed by atoms with E-state index >= 15 is 0 Å². The lowest BCUT2D eigenvalue weighted by molar-refractivity contribution is -0.118. The first-order valence-electron chi connectivity index (χ1n) is 8.48. The van der Waals surface area contributed by atoms with Crippen LogP contribution in [0.3, 0.4) is 0 Å². The summed E-state index contributed by atoms with van der Waals surface area (Å²) in [6.45, 7) is 0.919. The van der Waals surface area contributed by atoms with E-state index in [0.717, 1.165) is 18.4 Å². The Balaban J connectivity index is 1.65. The first-order valence-corrected chi connectivity index (χ1v) is 10.7. The second-order valence-electron chi connectivity index (χ2n) is 6.34. The minimum atomic E-state index is -3.45. The van der Waals surface area contributed by atoms with Crippen molar-refractivity contribution < 1.29 is 13.2 Å². The minimum Gasteiger partial charge on any atom is -0.312 e. The Morgan fingerprint density at radius 2 is 1.96 bits per heavy atom. The van der Waals surface area contributed by atoms with Gasteiger partial charge in [-0.3, -0.25) is 9.10 Å². The van der Waals surface area contributed by atoms with Crippen molar-refractivity contribution in [2.45, 2.75) is 19.3 Å². The number of rotatable bonds is 6. The number of fused-ring (bicyclic) bond motifs is 1. The van der Waals surface area contributed by atoms with Crippen LogP contribution in [0.4, 0.5) is 11.4 Å². The molecule has 0 fully saturated rings. The molecule has 1 amide bonds. The number of halogens is 1. The molecule has 2 aromatic rings. The van der Waals surface area contributed by atoms with Gasteiger partial charge < -0.3 is 4.90 Å². The third kappa shape index (κ3) is 4.19. The van der Waals surface area contributed by atoms with Gasteiger partial charge in [-0.15, -0.1) is 0 Å². The monoisotopic (exact) mass is 392 g/mol. The highest BCUT2D eigenvalue weighted by Gasteiger charge is 2.24. The maximum Gasteiger partial charge on any atom is 0.232 e. The Hall–Kier alpha value is -2.05. The minimum absolute atomic E-state index is 0.0227. The number of hydrogen-bond donors (Lipinski definition) is 0. The van der Waals surface area contributed by atoms with E-state index in [2.05, 4.69) is 0 Å². The van der Waals surface area contributed by atoms with E-state index in [1.54, 1.807) is 29.2 Å². The number of carbonyl (C=O) groups is 1. The summed E-state index contributed by atoms with van der Waals surface area (Å²) in [7, 11) is -3.45. The van der Waals surface area contributed by atoms with E-state index in [4.69, 9.17) is 11.6 Å². The second-order valence-corrected chi connectivity index (χ2v) is 8.69. The molecule has 1 aliphatic heterocycles. The predicted molar refractivity (Wildman–Crippen MR) is 105 cm³/mol. The lowest BCUT2D eigenvalue weighted by atomic mass is 10.2. The maximum atomic E-state index is 12.6. The number of hydrogen-bond acceptors (Lipinski definition) is 3. The Kier molecular flexibility index (Phi) is 5.53. The molecular formula is C19H21ClN2O3S. The number of sulfonamides is 1. The molecule has 3 rings (SSSR count). The Morgan fingerprint density at radius 3 is 2.69 bits per heavy atom. The molecule has 0 aliphatic carbocycles. The molecule has 0 bridgehead atoms. The third-order valence-corrected chi connectivity index (χ3v) is 5.87. The number of amides is 1.